The quantitative estimate of drug-likeness (QED) is 0.231. The van der Waals surface area contributed by atoms with Crippen LogP contribution in [0.2, 0.25) is 0 Å². The van der Waals surface area contributed by atoms with Crippen LogP contribution in [0.15, 0.2) is 29.3 Å². The Labute approximate surface area is 173 Å². The molecule has 0 heterocycles. The van der Waals surface area contributed by atoms with Gasteiger partial charge < -0.3 is 15.5 Å². The molecule has 0 aliphatic rings. The minimum absolute atomic E-state index is 0. The van der Waals surface area contributed by atoms with Crippen LogP contribution < -0.4 is 10.6 Å². The summed E-state index contributed by atoms with van der Waals surface area (Å²) in [7, 11) is 4.04. The van der Waals surface area contributed by atoms with Gasteiger partial charge >= 0.3 is 0 Å². The van der Waals surface area contributed by atoms with Crippen LogP contribution in [0, 0.1) is 5.82 Å². The van der Waals surface area contributed by atoms with E-state index in [0.717, 1.165) is 31.0 Å². The van der Waals surface area contributed by atoms with Gasteiger partial charge in [0.25, 0.3) is 0 Å². The molecule has 0 bridgehead atoms. The topological polar surface area (TPSA) is 39.7 Å². The zero-order valence-corrected chi connectivity index (χ0v) is 18.9. The van der Waals surface area contributed by atoms with Gasteiger partial charge in [-0.2, -0.15) is 11.8 Å². The summed E-state index contributed by atoms with van der Waals surface area (Å²) in [5, 5.41) is 6.67. The molecular weight excluding hydrogens is 450 g/mol. The third-order valence-electron chi connectivity index (χ3n) is 3.71. The number of likely N-dealkylation sites (N-methyl/N-ethyl adjacent to an activating group) is 1. The first kappa shape index (κ1) is 24.5. The molecule has 1 atom stereocenters. The largest absolute Gasteiger partial charge is 0.357 e. The second-order valence-corrected chi connectivity index (χ2v) is 6.86. The van der Waals surface area contributed by atoms with Crippen molar-refractivity contribution < 1.29 is 4.39 Å². The lowest BCUT2D eigenvalue weighted by atomic mass is 10.1. The molecule has 1 unspecified atom stereocenters. The van der Waals surface area contributed by atoms with Crippen LogP contribution in [0.3, 0.4) is 0 Å². The van der Waals surface area contributed by atoms with Gasteiger partial charge in [0, 0.05) is 13.1 Å². The third-order valence-corrected chi connectivity index (χ3v) is 4.41. The molecule has 0 aliphatic heterocycles. The van der Waals surface area contributed by atoms with E-state index in [2.05, 4.69) is 28.7 Å². The average Bonchev–Trinajstić information content (AvgIpc) is 2.56. The molecule has 4 nitrogen and oxygen atoms in total. The monoisotopic (exact) mass is 482 g/mol. The highest BCUT2D eigenvalue weighted by molar-refractivity contribution is 14.0. The first-order valence-corrected chi connectivity index (χ1v) is 9.90. The van der Waals surface area contributed by atoms with Crippen molar-refractivity contribution in [1.29, 1.82) is 0 Å². The van der Waals surface area contributed by atoms with E-state index in [1.165, 1.54) is 24.3 Å². The van der Waals surface area contributed by atoms with Crippen molar-refractivity contribution in [3.63, 3.8) is 0 Å². The van der Waals surface area contributed by atoms with Crippen LogP contribution in [0.4, 0.5) is 4.39 Å². The number of nitrogens with zero attached hydrogens (tertiary/aromatic N) is 2. The first-order valence-electron chi connectivity index (χ1n) is 8.51. The Morgan fingerprint density at radius 2 is 1.88 bits per heavy atom. The fourth-order valence-corrected chi connectivity index (χ4v) is 2.84. The standard InChI is InChI=1S/C18H31FN4S.HI/c1-5-20-18(21-12-6-7-13-24-4)22-14-17(23(2)3)15-8-10-16(19)11-9-15;/h8-11,17H,5-7,12-14H2,1-4H3,(H2,20,21,22);1H. The average molecular weight is 482 g/mol. The summed E-state index contributed by atoms with van der Waals surface area (Å²) >= 11 is 1.88. The highest BCUT2D eigenvalue weighted by atomic mass is 127. The minimum Gasteiger partial charge on any atom is -0.357 e. The van der Waals surface area contributed by atoms with Crippen molar-refractivity contribution in [3.8, 4) is 0 Å². The summed E-state index contributed by atoms with van der Waals surface area (Å²) in [5.41, 5.74) is 1.07. The van der Waals surface area contributed by atoms with Gasteiger partial charge in [-0.05, 0) is 63.6 Å². The number of guanidine groups is 1. The Hall–Kier alpha value is -0.540. The Morgan fingerprint density at radius 3 is 2.44 bits per heavy atom. The smallest absolute Gasteiger partial charge is 0.191 e. The zero-order valence-electron chi connectivity index (χ0n) is 15.7. The van der Waals surface area contributed by atoms with Crippen molar-refractivity contribution in [1.82, 2.24) is 15.5 Å². The van der Waals surface area contributed by atoms with Gasteiger partial charge in [0.15, 0.2) is 5.96 Å². The van der Waals surface area contributed by atoms with E-state index in [9.17, 15) is 4.39 Å². The van der Waals surface area contributed by atoms with Gasteiger partial charge in [-0.3, -0.25) is 4.99 Å². The second-order valence-electron chi connectivity index (χ2n) is 5.88. The number of hydrogen-bond donors (Lipinski definition) is 2. The molecule has 2 N–H and O–H groups in total. The van der Waals surface area contributed by atoms with E-state index in [-0.39, 0.29) is 35.8 Å². The van der Waals surface area contributed by atoms with Gasteiger partial charge in [-0.1, -0.05) is 12.1 Å². The summed E-state index contributed by atoms with van der Waals surface area (Å²) in [4.78, 5) is 6.82. The van der Waals surface area contributed by atoms with Crippen LogP contribution in [0.5, 0.6) is 0 Å². The predicted molar refractivity (Wildman–Crippen MR) is 120 cm³/mol. The number of hydrogen-bond acceptors (Lipinski definition) is 3. The lowest BCUT2D eigenvalue weighted by Gasteiger charge is -2.23. The fraction of sp³-hybridized carbons (Fsp3) is 0.611. The SMILES string of the molecule is CCNC(=NCC(c1ccc(F)cc1)N(C)C)NCCCCSC.I. The Bertz CT molecular complexity index is 482. The maximum absolute atomic E-state index is 13.1. The van der Waals surface area contributed by atoms with Crippen LogP contribution in [-0.2, 0) is 0 Å². The van der Waals surface area contributed by atoms with E-state index in [4.69, 9.17) is 4.99 Å². The summed E-state index contributed by atoms with van der Waals surface area (Å²) in [5.74, 6) is 1.83. The molecule has 144 valence electrons. The number of aliphatic imine (C=N–C) groups is 1. The fourth-order valence-electron chi connectivity index (χ4n) is 2.35. The Kier molecular flexibility index (Phi) is 14.3. The molecule has 1 aromatic rings. The maximum atomic E-state index is 13.1. The van der Waals surface area contributed by atoms with Crippen molar-refractivity contribution in [2.75, 3.05) is 45.7 Å². The van der Waals surface area contributed by atoms with Gasteiger partial charge in [0.1, 0.15) is 5.82 Å². The molecule has 0 saturated carbocycles. The molecule has 0 aromatic heterocycles. The number of benzene rings is 1. The molecule has 1 rings (SSSR count). The highest BCUT2D eigenvalue weighted by Crippen LogP contribution is 2.18. The molecule has 1 aromatic carbocycles. The number of rotatable bonds is 10. The molecule has 0 saturated heterocycles. The lowest BCUT2D eigenvalue weighted by Crippen LogP contribution is -2.38. The molecule has 25 heavy (non-hydrogen) atoms. The molecule has 0 radical (unpaired) electrons. The Balaban J connectivity index is 0.00000576. The Morgan fingerprint density at radius 1 is 1.20 bits per heavy atom. The van der Waals surface area contributed by atoms with E-state index in [1.54, 1.807) is 0 Å². The van der Waals surface area contributed by atoms with Crippen LogP contribution in [0.25, 0.3) is 0 Å². The van der Waals surface area contributed by atoms with Gasteiger partial charge in [-0.25, -0.2) is 4.39 Å². The number of unbranched alkanes of at least 4 members (excludes halogenated alkanes) is 1. The number of nitrogens with one attached hydrogen (secondary N) is 2. The van der Waals surface area contributed by atoms with Crippen LogP contribution >= 0.6 is 35.7 Å². The predicted octanol–water partition coefficient (Wildman–Crippen LogP) is 3.74. The molecule has 0 aliphatic carbocycles. The van der Waals surface area contributed by atoms with E-state index in [1.807, 2.05) is 38.0 Å². The summed E-state index contributed by atoms with van der Waals surface area (Å²) in [6.07, 6.45) is 4.49. The summed E-state index contributed by atoms with van der Waals surface area (Å²) < 4.78 is 13.1. The van der Waals surface area contributed by atoms with Gasteiger partial charge in [0.2, 0.25) is 0 Å². The van der Waals surface area contributed by atoms with Crippen molar-refractivity contribution in [2.24, 2.45) is 4.99 Å². The van der Waals surface area contributed by atoms with Crippen molar-refractivity contribution in [2.45, 2.75) is 25.8 Å². The molecule has 7 heteroatoms. The maximum Gasteiger partial charge on any atom is 0.191 e. The van der Waals surface area contributed by atoms with Crippen LogP contribution in [0.1, 0.15) is 31.4 Å². The van der Waals surface area contributed by atoms with Gasteiger partial charge in [0.05, 0.1) is 12.6 Å². The van der Waals surface area contributed by atoms with Crippen LogP contribution in [-0.4, -0.2) is 56.6 Å². The normalized spacial score (nSPS) is 12.6. The van der Waals surface area contributed by atoms with Crippen molar-refractivity contribution in [3.05, 3.63) is 35.6 Å². The molecule has 0 spiro atoms. The number of halogens is 2. The first-order chi connectivity index (χ1) is 11.6. The van der Waals surface area contributed by atoms with E-state index < -0.39 is 0 Å². The number of thioether (sulfide) groups is 1. The van der Waals surface area contributed by atoms with E-state index >= 15 is 0 Å². The van der Waals surface area contributed by atoms with Crippen molar-refractivity contribution >= 4 is 41.7 Å². The molecular formula is C18H32FIN4S. The third kappa shape index (κ3) is 10.3. The lowest BCUT2D eigenvalue weighted by molar-refractivity contribution is 0.306. The van der Waals surface area contributed by atoms with E-state index in [0.29, 0.717) is 6.54 Å². The zero-order chi connectivity index (χ0) is 17.8. The second kappa shape index (κ2) is 14.6. The van der Waals surface area contributed by atoms with Gasteiger partial charge in [-0.15, -0.1) is 24.0 Å². The summed E-state index contributed by atoms with van der Waals surface area (Å²) in [6.45, 7) is 4.45. The molecule has 0 amide bonds. The summed E-state index contributed by atoms with van der Waals surface area (Å²) in [6, 6.07) is 6.80. The molecule has 0 fully saturated rings. The highest BCUT2D eigenvalue weighted by Gasteiger charge is 2.14. The minimum atomic E-state index is -0.208.